The first kappa shape index (κ1) is 19.3. The van der Waals surface area contributed by atoms with Gasteiger partial charge in [0, 0.05) is 29.9 Å². The predicted molar refractivity (Wildman–Crippen MR) is 115 cm³/mol. The second-order valence-electron chi connectivity index (χ2n) is 6.90. The lowest BCUT2D eigenvalue weighted by molar-refractivity contribution is 0.408. The van der Waals surface area contributed by atoms with E-state index in [1.807, 2.05) is 36.5 Å². The topological polar surface area (TPSA) is 123 Å². The molecule has 30 heavy (non-hydrogen) atoms. The Labute approximate surface area is 170 Å². The molecule has 2 heterocycles. The van der Waals surface area contributed by atoms with Crippen molar-refractivity contribution in [2.24, 2.45) is 4.99 Å². The number of nitrogens with zero attached hydrogens (tertiary/aromatic N) is 2. The number of rotatable bonds is 6. The normalized spacial score (nSPS) is 11.5. The van der Waals surface area contributed by atoms with E-state index in [1.165, 1.54) is 6.21 Å². The number of benzene rings is 2. The van der Waals surface area contributed by atoms with E-state index in [-0.39, 0.29) is 17.9 Å². The van der Waals surface area contributed by atoms with Crippen molar-refractivity contribution in [1.82, 2.24) is 14.5 Å². The Morgan fingerprint density at radius 3 is 2.67 bits per heavy atom. The number of nitrogens with one attached hydrogen (secondary N) is 2. The van der Waals surface area contributed by atoms with E-state index in [1.54, 1.807) is 18.2 Å². The SMILES string of the molecule is O=c1[nH]c(=O)n(Cc2ccccc2)c(O)c1C=NCCc1c[nH]c2ccc(O)cc12. The first-order chi connectivity index (χ1) is 14.5. The van der Waals surface area contributed by atoms with Gasteiger partial charge >= 0.3 is 5.69 Å². The lowest BCUT2D eigenvalue weighted by Gasteiger charge is -2.09. The highest BCUT2D eigenvalue weighted by molar-refractivity contribution is 5.85. The smallest absolute Gasteiger partial charge is 0.331 e. The van der Waals surface area contributed by atoms with Crippen molar-refractivity contribution in [2.75, 3.05) is 6.54 Å². The lowest BCUT2D eigenvalue weighted by atomic mass is 10.1. The Balaban J connectivity index is 1.54. The Bertz CT molecular complexity index is 1330. The number of aliphatic imine (C=N–C) groups is 1. The quantitative estimate of drug-likeness (QED) is 0.368. The van der Waals surface area contributed by atoms with Gasteiger partial charge in [0.25, 0.3) is 5.56 Å². The van der Waals surface area contributed by atoms with Crippen LogP contribution < -0.4 is 11.2 Å². The molecule has 0 aliphatic heterocycles. The second-order valence-corrected chi connectivity index (χ2v) is 6.90. The predicted octanol–water partition coefficient (Wildman–Crippen LogP) is 2.14. The van der Waals surface area contributed by atoms with Crippen LogP contribution in [-0.2, 0) is 13.0 Å². The first-order valence-corrected chi connectivity index (χ1v) is 9.42. The molecule has 0 amide bonds. The first-order valence-electron chi connectivity index (χ1n) is 9.42. The number of hydrogen-bond acceptors (Lipinski definition) is 5. The number of aromatic amines is 2. The molecule has 0 aliphatic carbocycles. The van der Waals surface area contributed by atoms with Gasteiger partial charge in [-0.25, -0.2) is 4.79 Å². The standard InChI is InChI=1S/C22H20N4O4/c27-16-6-7-19-17(10-16)15(11-24-19)8-9-23-12-18-20(28)25-22(30)26(21(18)29)13-14-4-2-1-3-5-14/h1-7,10-12,24,27,29H,8-9,13H2,(H,25,28,30). The summed E-state index contributed by atoms with van der Waals surface area (Å²) >= 11 is 0. The molecule has 0 aliphatic rings. The van der Waals surface area contributed by atoms with Crippen molar-refractivity contribution >= 4 is 17.1 Å². The van der Waals surface area contributed by atoms with E-state index in [0.29, 0.717) is 13.0 Å². The minimum absolute atomic E-state index is 0.0675. The summed E-state index contributed by atoms with van der Waals surface area (Å²) in [5.41, 5.74) is 1.26. The molecule has 0 unspecified atom stereocenters. The monoisotopic (exact) mass is 404 g/mol. The van der Waals surface area contributed by atoms with Gasteiger partial charge < -0.3 is 15.2 Å². The summed E-state index contributed by atoms with van der Waals surface area (Å²) in [6.45, 7) is 0.487. The van der Waals surface area contributed by atoms with E-state index in [9.17, 15) is 19.8 Å². The third-order valence-electron chi connectivity index (χ3n) is 4.87. The molecule has 2 aromatic carbocycles. The maximum absolute atomic E-state index is 12.1. The maximum Gasteiger partial charge on any atom is 0.331 e. The van der Waals surface area contributed by atoms with Gasteiger partial charge in [0.15, 0.2) is 0 Å². The van der Waals surface area contributed by atoms with Crippen molar-refractivity contribution < 1.29 is 10.2 Å². The number of hydrogen-bond donors (Lipinski definition) is 4. The Morgan fingerprint density at radius 1 is 1.07 bits per heavy atom. The molecule has 0 radical (unpaired) electrons. The molecule has 8 heteroatoms. The van der Waals surface area contributed by atoms with Gasteiger partial charge in [-0.3, -0.25) is 19.3 Å². The van der Waals surface area contributed by atoms with Crippen molar-refractivity contribution in [3.8, 4) is 11.6 Å². The van der Waals surface area contributed by atoms with Crippen LogP contribution in [0.25, 0.3) is 10.9 Å². The average molecular weight is 404 g/mol. The summed E-state index contributed by atoms with van der Waals surface area (Å²) in [6.07, 6.45) is 3.70. The van der Waals surface area contributed by atoms with Crippen LogP contribution in [0.4, 0.5) is 0 Å². The number of aromatic hydroxyl groups is 2. The van der Waals surface area contributed by atoms with E-state index in [4.69, 9.17) is 0 Å². The van der Waals surface area contributed by atoms with Gasteiger partial charge in [-0.2, -0.15) is 0 Å². The molecule has 0 fully saturated rings. The summed E-state index contributed by atoms with van der Waals surface area (Å²) in [5.74, 6) is -0.239. The van der Waals surface area contributed by atoms with E-state index in [2.05, 4.69) is 15.0 Å². The molecule has 2 aromatic heterocycles. The fraction of sp³-hybridized carbons (Fsp3) is 0.136. The van der Waals surface area contributed by atoms with Gasteiger partial charge in [-0.15, -0.1) is 0 Å². The van der Waals surface area contributed by atoms with Crippen molar-refractivity contribution in [3.05, 3.63) is 92.3 Å². The Hall–Kier alpha value is -4.07. The van der Waals surface area contributed by atoms with Gasteiger partial charge in [0.1, 0.15) is 11.3 Å². The second kappa shape index (κ2) is 8.12. The average Bonchev–Trinajstić information content (AvgIpc) is 3.13. The Morgan fingerprint density at radius 2 is 1.87 bits per heavy atom. The molecule has 0 saturated heterocycles. The highest BCUT2D eigenvalue weighted by atomic mass is 16.3. The van der Waals surface area contributed by atoms with Crippen LogP contribution in [0.5, 0.6) is 11.6 Å². The van der Waals surface area contributed by atoms with E-state index >= 15 is 0 Å². The van der Waals surface area contributed by atoms with Crippen LogP contribution in [0.1, 0.15) is 16.7 Å². The van der Waals surface area contributed by atoms with Crippen LogP contribution >= 0.6 is 0 Å². The van der Waals surface area contributed by atoms with Crippen LogP contribution in [0.15, 0.2) is 69.3 Å². The molecule has 4 aromatic rings. The molecule has 0 saturated carbocycles. The summed E-state index contributed by atoms with van der Waals surface area (Å²) in [7, 11) is 0. The summed E-state index contributed by atoms with van der Waals surface area (Å²) in [5, 5.41) is 21.1. The molecule has 4 N–H and O–H groups in total. The van der Waals surface area contributed by atoms with Crippen LogP contribution in [0.2, 0.25) is 0 Å². The van der Waals surface area contributed by atoms with Crippen LogP contribution in [0, 0.1) is 0 Å². The van der Waals surface area contributed by atoms with Crippen molar-refractivity contribution in [2.45, 2.75) is 13.0 Å². The van der Waals surface area contributed by atoms with Gasteiger partial charge in [0.2, 0.25) is 5.88 Å². The van der Waals surface area contributed by atoms with Gasteiger partial charge in [-0.05, 0) is 35.7 Å². The molecule has 0 atom stereocenters. The molecule has 4 rings (SSSR count). The lowest BCUT2D eigenvalue weighted by Crippen LogP contribution is -2.32. The fourth-order valence-corrected chi connectivity index (χ4v) is 3.32. The van der Waals surface area contributed by atoms with Crippen molar-refractivity contribution in [3.63, 3.8) is 0 Å². The van der Waals surface area contributed by atoms with Gasteiger partial charge in [0.05, 0.1) is 6.54 Å². The minimum atomic E-state index is -0.692. The number of fused-ring (bicyclic) bond motifs is 1. The zero-order chi connectivity index (χ0) is 21.1. The summed E-state index contributed by atoms with van der Waals surface area (Å²) < 4.78 is 1.10. The molecular formula is C22H20N4O4. The molecule has 8 nitrogen and oxygen atoms in total. The van der Waals surface area contributed by atoms with E-state index in [0.717, 1.165) is 26.6 Å². The maximum atomic E-state index is 12.1. The third kappa shape index (κ3) is 3.88. The summed E-state index contributed by atoms with van der Waals surface area (Å²) in [4.78, 5) is 33.9. The highest BCUT2D eigenvalue weighted by Crippen LogP contribution is 2.23. The Kier molecular flexibility index (Phi) is 5.21. The van der Waals surface area contributed by atoms with E-state index < -0.39 is 17.1 Å². The molecular weight excluding hydrogens is 384 g/mol. The zero-order valence-corrected chi connectivity index (χ0v) is 16.0. The third-order valence-corrected chi connectivity index (χ3v) is 4.87. The number of phenolic OH excluding ortho intramolecular Hbond substituents is 1. The minimum Gasteiger partial charge on any atom is -0.508 e. The van der Waals surface area contributed by atoms with Crippen molar-refractivity contribution in [1.29, 1.82) is 0 Å². The van der Waals surface area contributed by atoms with Crippen LogP contribution in [0.3, 0.4) is 0 Å². The molecule has 0 spiro atoms. The molecule has 0 bridgehead atoms. The van der Waals surface area contributed by atoms with Gasteiger partial charge in [-0.1, -0.05) is 30.3 Å². The van der Waals surface area contributed by atoms with Crippen LogP contribution in [-0.4, -0.2) is 37.5 Å². The largest absolute Gasteiger partial charge is 0.508 e. The number of phenols is 1. The highest BCUT2D eigenvalue weighted by Gasteiger charge is 2.13. The fourth-order valence-electron chi connectivity index (χ4n) is 3.32. The summed E-state index contributed by atoms with van der Waals surface area (Å²) in [6, 6.07) is 14.2. The number of aromatic nitrogens is 3. The zero-order valence-electron chi connectivity index (χ0n) is 16.0. The molecule has 152 valence electrons. The number of H-pyrrole nitrogens is 2.